The van der Waals surface area contributed by atoms with Gasteiger partial charge < -0.3 is 4.74 Å². The minimum atomic E-state index is -5.11. The van der Waals surface area contributed by atoms with Crippen molar-refractivity contribution in [1.29, 1.82) is 0 Å². The van der Waals surface area contributed by atoms with Crippen molar-refractivity contribution in [2.75, 3.05) is 6.67 Å². The molecular formula is C11H11F5O2. The smallest absolute Gasteiger partial charge is 0.396 e. The predicted octanol–water partition coefficient (Wildman–Crippen LogP) is 2.94. The number of esters is 1. The van der Waals surface area contributed by atoms with Crippen LogP contribution in [0, 0.1) is 17.8 Å². The first-order valence-electron chi connectivity index (χ1n) is 5.49. The van der Waals surface area contributed by atoms with Gasteiger partial charge in [0.25, 0.3) is 0 Å². The van der Waals surface area contributed by atoms with Crippen LogP contribution in [0.2, 0.25) is 0 Å². The molecule has 0 heterocycles. The molecule has 0 saturated heterocycles. The van der Waals surface area contributed by atoms with Gasteiger partial charge >= 0.3 is 18.0 Å². The Morgan fingerprint density at radius 1 is 1.22 bits per heavy atom. The first kappa shape index (κ1) is 13.3. The molecule has 0 amide bonds. The second kappa shape index (κ2) is 4.20. The molecule has 1 fully saturated rings. The quantitative estimate of drug-likeness (QED) is 0.446. The SMILES string of the molecule is O=C(OC(F)(F)C(F)(F)CF)C1CC2C=CC1C2. The molecule has 18 heavy (non-hydrogen) atoms. The lowest BCUT2D eigenvalue weighted by atomic mass is 9.94. The van der Waals surface area contributed by atoms with Crippen molar-refractivity contribution in [3.8, 4) is 0 Å². The van der Waals surface area contributed by atoms with Crippen molar-refractivity contribution in [1.82, 2.24) is 0 Å². The molecule has 2 bridgehead atoms. The van der Waals surface area contributed by atoms with E-state index >= 15 is 0 Å². The van der Waals surface area contributed by atoms with Crippen molar-refractivity contribution < 1.29 is 31.5 Å². The standard InChI is InChI=1S/C11H11F5O2/c12-5-10(13,14)11(15,16)18-9(17)8-4-6-1-2-7(8)3-6/h1-2,6-8H,3-5H2. The zero-order chi connectivity index (χ0) is 13.6. The van der Waals surface area contributed by atoms with Gasteiger partial charge in [-0.25, -0.2) is 4.39 Å². The average molecular weight is 270 g/mol. The summed E-state index contributed by atoms with van der Waals surface area (Å²) in [6.45, 7) is -2.58. The Bertz CT molecular complexity index is 380. The number of carbonyl (C=O) groups excluding carboxylic acids is 1. The number of fused-ring (bicyclic) bond motifs is 2. The molecule has 7 heteroatoms. The van der Waals surface area contributed by atoms with Crippen molar-refractivity contribution in [3.63, 3.8) is 0 Å². The minimum Gasteiger partial charge on any atom is -0.396 e. The van der Waals surface area contributed by atoms with E-state index in [9.17, 15) is 26.7 Å². The normalized spacial score (nSPS) is 30.8. The Hall–Kier alpha value is -1.14. The highest BCUT2D eigenvalue weighted by Gasteiger charge is 2.61. The summed E-state index contributed by atoms with van der Waals surface area (Å²) in [6.07, 6.45) is -0.583. The third-order valence-corrected chi connectivity index (χ3v) is 3.40. The van der Waals surface area contributed by atoms with Gasteiger partial charge in [-0.15, -0.1) is 0 Å². The van der Waals surface area contributed by atoms with Gasteiger partial charge in [0.05, 0.1) is 5.92 Å². The molecule has 0 aromatic rings. The summed E-state index contributed by atoms with van der Waals surface area (Å²) >= 11 is 0. The highest BCUT2D eigenvalue weighted by molar-refractivity contribution is 5.74. The second-order valence-corrected chi connectivity index (χ2v) is 4.66. The second-order valence-electron chi connectivity index (χ2n) is 4.66. The molecule has 2 aliphatic carbocycles. The van der Waals surface area contributed by atoms with Gasteiger partial charge in [-0.3, -0.25) is 4.79 Å². The number of hydrogen-bond acceptors (Lipinski definition) is 2. The Labute approximate surface area is 99.8 Å². The molecule has 3 atom stereocenters. The first-order chi connectivity index (χ1) is 8.27. The first-order valence-corrected chi connectivity index (χ1v) is 5.49. The monoisotopic (exact) mass is 270 g/mol. The summed E-state index contributed by atoms with van der Waals surface area (Å²) < 4.78 is 66.2. The van der Waals surface area contributed by atoms with E-state index in [-0.39, 0.29) is 11.8 Å². The summed E-state index contributed by atoms with van der Waals surface area (Å²) in [6, 6.07) is 0. The van der Waals surface area contributed by atoms with Crippen LogP contribution in [-0.2, 0) is 9.53 Å². The van der Waals surface area contributed by atoms with Gasteiger partial charge in [0.1, 0.15) is 0 Å². The molecule has 2 aliphatic rings. The fourth-order valence-electron chi connectivity index (χ4n) is 2.41. The van der Waals surface area contributed by atoms with Crippen molar-refractivity contribution in [2.45, 2.75) is 24.9 Å². The number of ether oxygens (including phenoxy) is 1. The van der Waals surface area contributed by atoms with Gasteiger partial charge in [0, 0.05) is 0 Å². The van der Waals surface area contributed by atoms with Crippen LogP contribution in [0.3, 0.4) is 0 Å². The molecule has 0 N–H and O–H groups in total. The maximum absolute atomic E-state index is 12.9. The Kier molecular flexibility index (Phi) is 3.11. The molecule has 0 aliphatic heterocycles. The number of rotatable bonds is 4. The molecule has 0 radical (unpaired) electrons. The van der Waals surface area contributed by atoms with Crippen LogP contribution in [0.1, 0.15) is 12.8 Å². The van der Waals surface area contributed by atoms with E-state index < -0.39 is 30.6 Å². The third-order valence-electron chi connectivity index (χ3n) is 3.40. The lowest BCUT2D eigenvalue weighted by Gasteiger charge is -2.25. The maximum atomic E-state index is 12.9. The summed E-state index contributed by atoms with van der Waals surface area (Å²) in [5.74, 6) is -7.33. The molecule has 2 nitrogen and oxygen atoms in total. The van der Waals surface area contributed by atoms with Crippen LogP contribution >= 0.6 is 0 Å². The molecular weight excluding hydrogens is 259 g/mol. The fourth-order valence-corrected chi connectivity index (χ4v) is 2.41. The van der Waals surface area contributed by atoms with Gasteiger partial charge in [0.15, 0.2) is 6.67 Å². The molecule has 2 rings (SSSR count). The van der Waals surface area contributed by atoms with Crippen LogP contribution in [0.25, 0.3) is 0 Å². The van der Waals surface area contributed by atoms with E-state index in [1.807, 2.05) is 6.08 Å². The number of hydrogen-bond donors (Lipinski definition) is 0. The highest BCUT2D eigenvalue weighted by Crippen LogP contribution is 2.45. The third kappa shape index (κ3) is 2.10. The van der Waals surface area contributed by atoms with Crippen molar-refractivity contribution in [3.05, 3.63) is 12.2 Å². The average Bonchev–Trinajstić information content (AvgIpc) is 2.89. The summed E-state index contributed by atoms with van der Waals surface area (Å²) in [7, 11) is 0. The maximum Gasteiger partial charge on any atom is 0.469 e. The number of allylic oxidation sites excluding steroid dienone is 2. The molecule has 3 unspecified atom stereocenters. The van der Waals surface area contributed by atoms with Crippen molar-refractivity contribution >= 4 is 5.97 Å². The topological polar surface area (TPSA) is 26.3 Å². The molecule has 0 spiro atoms. The predicted molar refractivity (Wildman–Crippen MR) is 50.8 cm³/mol. The largest absolute Gasteiger partial charge is 0.469 e. The van der Waals surface area contributed by atoms with E-state index in [0.717, 1.165) is 0 Å². The number of alkyl halides is 5. The molecule has 102 valence electrons. The molecule has 1 saturated carbocycles. The van der Waals surface area contributed by atoms with E-state index in [4.69, 9.17) is 0 Å². The highest BCUT2D eigenvalue weighted by atomic mass is 19.3. The van der Waals surface area contributed by atoms with Gasteiger partial charge in [0.2, 0.25) is 0 Å². The van der Waals surface area contributed by atoms with Crippen LogP contribution < -0.4 is 0 Å². The van der Waals surface area contributed by atoms with Crippen LogP contribution in [0.15, 0.2) is 12.2 Å². The zero-order valence-electron chi connectivity index (χ0n) is 9.21. The van der Waals surface area contributed by atoms with E-state index in [2.05, 4.69) is 4.74 Å². The van der Waals surface area contributed by atoms with E-state index in [1.54, 1.807) is 6.08 Å². The van der Waals surface area contributed by atoms with Crippen LogP contribution in [-0.4, -0.2) is 24.7 Å². The lowest BCUT2D eigenvalue weighted by Crippen LogP contribution is -2.47. The summed E-state index contributed by atoms with van der Waals surface area (Å²) in [4.78, 5) is 11.4. The lowest BCUT2D eigenvalue weighted by molar-refractivity contribution is -0.335. The number of halogens is 5. The Balaban J connectivity index is 2.01. The Morgan fingerprint density at radius 2 is 1.89 bits per heavy atom. The van der Waals surface area contributed by atoms with E-state index in [1.165, 1.54) is 0 Å². The number of carbonyl (C=O) groups is 1. The minimum absolute atomic E-state index is 0.114. The molecule has 0 aromatic heterocycles. The van der Waals surface area contributed by atoms with Crippen molar-refractivity contribution in [2.24, 2.45) is 17.8 Å². The van der Waals surface area contributed by atoms with Crippen LogP contribution in [0.5, 0.6) is 0 Å². The van der Waals surface area contributed by atoms with E-state index in [0.29, 0.717) is 12.8 Å². The summed E-state index contributed by atoms with van der Waals surface area (Å²) in [5, 5.41) is 0. The Morgan fingerprint density at radius 3 is 2.33 bits per heavy atom. The molecule has 0 aromatic carbocycles. The van der Waals surface area contributed by atoms with Gasteiger partial charge in [-0.05, 0) is 24.7 Å². The van der Waals surface area contributed by atoms with Crippen LogP contribution in [0.4, 0.5) is 22.0 Å². The zero-order valence-corrected chi connectivity index (χ0v) is 9.21. The van der Waals surface area contributed by atoms with Gasteiger partial charge in [-0.1, -0.05) is 12.2 Å². The van der Waals surface area contributed by atoms with Gasteiger partial charge in [-0.2, -0.15) is 17.6 Å². The summed E-state index contributed by atoms with van der Waals surface area (Å²) in [5.41, 5.74) is 0. The fraction of sp³-hybridized carbons (Fsp3) is 0.727.